The van der Waals surface area contributed by atoms with Crippen molar-refractivity contribution in [3.63, 3.8) is 0 Å². The lowest BCUT2D eigenvalue weighted by Crippen LogP contribution is -2.37. The van der Waals surface area contributed by atoms with E-state index in [2.05, 4.69) is 11.4 Å². The Labute approximate surface area is 153 Å². The van der Waals surface area contributed by atoms with Crippen molar-refractivity contribution in [2.24, 2.45) is 11.8 Å². The molecular formula is C21H37NO3. The molecule has 144 valence electrons. The van der Waals surface area contributed by atoms with Gasteiger partial charge in [-0.1, -0.05) is 56.6 Å². The zero-order valence-corrected chi connectivity index (χ0v) is 16.1. The molecule has 0 aromatic heterocycles. The molecule has 0 radical (unpaired) electrons. The highest BCUT2D eigenvalue weighted by atomic mass is 16.5. The van der Waals surface area contributed by atoms with Crippen molar-refractivity contribution in [2.75, 3.05) is 14.2 Å². The minimum atomic E-state index is -0.309. The van der Waals surface area contributed by atoms with Gasteiger partial charge in [-0.05, 0) is 51.0 Å². The Balaban J connectivity index is 1.94. The Morgan fingerprint density at radius 2 is 2.04 bits per heavy atom. The number of aliphatic hydroxyl groups is 1. The van der Waals surface area contributed by atoms with Crippen LogP contribution in [0.5, 0.6) is 0 Å². The SMILES string of the molecule is CNC(C[C@H](CCCC1CCCCC1)C1=C[C@@H](O)CCC1)C(=O)OC. The molecule has 0 heterocycles. The number of ether oxygens (including phenoxy) is 1. The van der Waals surface area contributed by atoms with Gasteiger partial charge in [0, 0.05) is 0 Å². The number of esters is 1. The summed E-state index contributed by atoms with van der Waals surface area (Å²) in [7, 11) is 3.28. The van der Waals surface area contributed by atoms with Gasteiger partial charge >= 0.3 is 5.97 Å². The summed E-state index contributed by atoms with van der Waals surface area (Å²) < 4.78 is 4.94. The largest absolute Gasteiger partial charge is 0.468 e. The normalized spacial score (nSPS) is 24.4. The molecule has 0 amide bonds. The van der Waals surface area contributed by atoms with Crippen LogP contribution in [-0.4, -0.2) is 37.4 Å². The Bertz CT molecular complexity index is 429. The van der Waals surface area contributed by atoms with E-state index in [0.717, 1.165) is 38.0 Å². The van der Waals surface area contributed by atoms with E-state index in [9.17, 15) is 9.90 Å². The number of methoxy groups -OCH3 is 1. The number of carbonyl (C=O) groups excluding carboxylic acids is 1. The van der Waals surface area contributed by atoms with Gasteiger partial charge in [0.15, 0.2) is 0 Å². The lowest BCUT2D eigenvalue weighted by Gasteiger charge is -2.29. The van der Waals surface area contributed by atoms with Gasteiger partial charge in [-0.3, -0.25) is 4.79 Å². The second kappa shape index (κ2) is 11.0. The summed E-state index contributed by atoms with van der Waals surface area (Å²) in [6, 6.07) is -0.260. The van der Waals surface area contributed by atoms with E-state index < -0.39 is 0 Å². The first-order valence-corrected chi connectivity index (χ1v) is 10.3. The maximum Gasteiger partial charge on any atom is 0.322 e. The highest BCUT2D eigenvalue weighted by Crippen LogP contribution is 2.34. The van der Waals surface area contributed by atoms with Crippen molar-refractivity contribution in [3.8, 4) is 0 Å². The van der Waals surface area contributed by atoms with E-state index >= 15 is 0 Å². The van der Waals surface area contributed by atoms with Crippen LogP contribution in [0.4, 0.5) is 0 Å². The number of nitrogens with one attached hydrogen (secondary N) is 1. The first kappa shape index (κ1) is 20.4. The van der Waals surface area contributed by atoms with Gasteiger partial charge in [0.05, 0.1) is 13.2 Å². The lowest BCUT2D eigenvalue weighted by molar-refractivity contribution is -0.143. The summed E-state index contributed by atoms with van der Waals surface area (Å²) in [5, 5.41) is 13.1. The summed E-state index contributed by atoms with van der Waals surface area (Å²) in [6.07, 6.45) is 16.1. The quantitative estimate of drug-likeness (QED) is 0.487. The van der Waals surface area contributed by atoms with Crippen LogP contribution in [-0.2, 0) is 9.53 Å². The number of rotatable bonds is 9. The Kier molecular flexibility index (Phi) is 8.97. The Morgan fingerprint density at radius 1 is 1.28 bits per heavy atom. The van der Waals surface area contributed by atoms with Crippen molar-refractivity contribution in [3.05, 3.63) is 11.6 Å². The lowest BCUT2D eigenvalue weighted by atomic mass is 9.79. The van der Waals surface area contributed by atoms with Crippen LogP contribution in [0.1, 0.15) is 77.0 Å². The van der Waals surface area contributed by atoms with E-state index in [1.165, 1.54) is 57.6 Å². The molecule has 2 aliphatic carbocycles. The summed E-state index contributed by atoms with van der Waals surface area (Å²) >= 11 is 0. The third-order valence-electron chi connectivity index (χ3n) is 6.14. The van der Waals surface area contributed by atoms with Gasteiger partial charge in [0.2, 0.25) is 0 Å². The van der Waals surface area contributed by atoms with Gasteiger partial charge in [0.1, 0.15) is 6.04 Å². The fraction of sp³-hybridized carbons (Fsp3) is 0.857. The molecular weight excluding hydrogens is 314 g/mol. The number of hydrogen-bond donors (Lipinski definition) is 2. The van der Waals surface area contributed by atoms with Crippen molar-refractivity contribution in [1.29, 1.82) is 0 Å². The zero-order chi connectivity index (χ0) is 18.1. The molecule has 0 aliphatic heterocycles. The molecule has 1 saturated carbocycles. The highest BCUT2D eigenvalue weighted by molar-refractivity contribution is 5.75. The van der Waals surface area contributed by atoms with Crippen molar-refractivity contribution in [1.82, 2.24) is 5.32 Å². The number of hydrogen-bond acceptors (Lipinski definition) is 4. The molecule has 3 atom stereocenters. The summed E-state index contributed by atoms with van der Waals surface area (Å²) in [5.74, 6) is 1.09. The molecule has 1 fully saturated rings. The molecule has 4 nitrogen and oxygen atoms in total. The monoisotopic (exact) mass is 351 g/mol. The first-order chi connectivity index (χ1) is 12.1. The number of carbonyl (C=O) groups is 1. The van der Waals surface area contributed by atoms with Crippen LogP contribution >= 0.6 is 0 Å². The number of allylic oxidation sites excluding steroid dienone is 1. The third-order valence-corrected chi connectivity index (χ3v) is 6.14. The zero-order valence-electron chi connectivity index (χ0n) is 16.1. The summed E-state index contributed by atoms with van der Waals surface area (Å²) in [4.78, 5) is 12.0. The molecule has 4 heteroatoms. The Morgan fingerprint density at radius 3 is 2.68 bits per heavy atom. The fourth-order valence-electron chi connectivity index (χ4n) is 4.61. The molecule has 2 rings (SSSR count). The molecule has 0 spiro atoms. The van der Waals surface area contributed by atoms with E-state index in [1.54, 1.807) is 0 Å². The minimum absolute atomic E-state index is 0.184. The predicted molar refractivity (Wildman–Crippen MR) is 101 cm³/mol. The van der Waals surface area contributed by atoms with Gasteiger partial charge in [0.25, 0.3) is 0 Å². The highest BCUT2D eigenvalue weighted by Gasteiger charge is 2.26. The van der Waals surface area contributed by atoms with Crippen LogP contribution < -0.4 is 5.32 Å². The van der Waals surface area contributed by atoms with Gasteiger partial charge in [-0.2, -0.15) is 0 Å². The molecule has 2 N–H and O–H groups in total. The molecule has 0 bridgehead atoms. The average molecular weight is 352 g/mol. The molecule has 0 aromatic carbocycles. The van der Waals surface area contributed by atoms with Crippen LogP contribution in [0.25, 0.3) is 0 Å². The summed E-state index contributed by atoms with van der Waals surface area (Å²) in [5.41, 5.74) is 1.35. The van der Waals surface area contributed by atoms with E-state index in [1.807, 2.05) is 7.05 Å². The predicted octanol–water partition coefficient (Wildman–Crippen LogP) is 3.98. The van der Waals surface area contributed by atoms with Crippen molar-refractivity contribution >= 4 is 5.97 Å². The average Bonchev–Trinajstić information content (AvgIpc) is 2.64. The van der Waals surface area contributed by atoms with E-state index in [4.69, 9.17) is 4.74 Å². The van der Waals surface area contributed by atoms with Gasteiger partial charge in [-0.15, -0.1) is 0 Å². The molecule has 0 aromatic rings. The topological polar surface area (TPSA) is 58.6 Å². The molecule has 1 unspecified atom stereocenters. The number of aliphatic hydroxyl groups excluding tert-OH is 1. The van der Waals surface area contributed by atoms with Crippen LogP contribution in [0, 0.1) is 11.8 Å². The van der Waals surface area contributed by atoms with E-state index in [-0.39, 0.29) is 18.1 Å². The molecule has 2 aliphatic rings. The maximum atomic E-state index is 12.0. The van der Waals surface area contributed by atoms with Crippen molar-refractivity contribution in [2.45, 2.75) is 89.2 Å². The number of likely N-dealkylation sites (N-methyl/N-ethyl adjacent to an activating group) is 1. The van der Waals surface area contributed by atoms with Gasteiger partial charge in [-0.25, -0.2) is 0 Å². The maximum absolute atomic E-state index is 12.0. The molecule has 0 saturated heterocycles. The second-order valence-electron chi connectivity index (χ2n) is 7.93. The van der Waals surface area contributed by atoms with Crippen LogP contribution in [0.3, 0.4) is 0 Å². The fourth-order valence-corrected chi connectivity index (χ4v) is 4.61. The second-order valence-corrected chi connectivity index (χ2v) is 7.93. The Hall–Kier alpha value is -0.870. The first-order valence-electron chi connectivity index (χ1n) is 10.3. The standard InChI is InChI=1S/C21H37NO3/c1-22-20(21(24)25-2)15-18(17-12-7-13-19(23)14-17)11-6-10-16-8-4-3-5-9-16/h14,16,18-20,22-23H,3-13,15H2,1-2H3/t18-,19-,20?/m0/s1. The minimum Gasteiger partial charge on any atom is -0.468 e. The smallest absolute Gasteiger partial charge is 0.322 e. The molecule has 25 heavy (non-hydrogen) atoms. The van der Waals surface area contributed by atoms with Crippen LogP contribution in [0.2, 0.25) is 0 Å². The third kappa shape index (κ3) is 6.74. The van der Waals surface area contributed by atoms with Crippen molar-refractivity contribution < 1.29 is 14.6 Å². The summed E-state index contributed by atoms with van der Waals surface area (Å²) in [6.45, 7) is 0. The van der Waals surface area contributed by atoms with Crippen LogP contribution in [0.15, 0.2) is 11.6 Å². The van der Waals surface area contributed by atoms with Gasteiger partial charge < -0.3 is 15.2 Å². The van der Waals surface area contributed by atoms with E-state index in [0.29, 0.717) is 5.92 Å².